The van der Waals surface area contributed by atoms with Gasteiger partial charge in [0.1, 0.15) is 0 Å². The Bertz CT molecular complexity index is 785. The van der Waals surface area contributed by atoms with Crippen molar-refractivity contribution in [2.45, 2.75) is 24.9 Å². The number of nitrogens with one attached hydrogen (secondary N) is 1. The van der Waals surface area contributed by atoms with Gasteiger partial charge in [0.05, 0.1) is 18.3 Å². The van der Waals surface area contributed by atoms with Gasteiger partial charge < -0.3 is 15.2 Å². The SMILES string of the molecule is COC(=O)c1ccc(C(=O)NCC2(O)CCc3ccccc3C2)cc1. The Morgan fingerprint density at radius 3 is 2.40 bits per heavy atom. The van der Waals surface area contributed by atoms with Crippen molar-refractivity contribution in [2.75, 3.05) is 13.7 Å². The van der Waals surface area contributed by atoms with E-state index in [1.807, 2.05) is 18.2 Å². The number of amides is 1. The molecule has 1 atom stereocenters. The van der Waals surface area contributed by atoms with Gasteiger partial charge in [0.2, 0.25) is 0 Å². The van der Waals surface area contributed by atoms with Gasteiger partial charge in [-0.15, -0.1) is 0 Å². The van der Waals surface area contributed by atoms with Crippen molar-refractivity contribution < 1.29 is 19.4 Å². The molecule has 0 bridgehead atoms. The fourth-order valence-corrected chi connectivity index (χ4v) is 3.16. The summed E-state index contributed by atoms with van der Waals surface area (Å²) in [6.45, 7) is 0.193. The lowest BCUT2D eigenvalue weighted by atomic mass is 9.80. The van der Waals surface area contributed by atoms with Gasteiger partial charge in [-0.1, -0.05) is 24.3 Å². The number of methoxy groups -OCH3 is 1. The average molecular weight is 339 g/mol. The minimum Gasteiger partial charge on any atom is -0.465 e. The smallest absolute Gasteiger partial charge is 0.337 e. The van der Waals surface area contributed by atoms with E-state index in [0.717, 1.165) is 12.0 Å². The summed E-state index contributed by atoms with van der Waals surface area (Å²) in [5.74, 6) is -0.717. The van der Waals surface area contributed by atoms with Gasteiger partial charge in [-0.3, -0.25) is 4.79 Å². The first-order chi connectivity index (χ1) is 12.0. The van der Waals surface area contributed by atoms with Crippen LogP contribution >= 0.6 is 0 Å². The first-order valence-electron chi connectivity index (χ1n) is 8.26. The van der Waals surface area contributed by atoms with E-state index in [1.54, 1.807) is 24.3 Å². The zero-order chi connectivity index (χ0) is 17.9. The molecule has 5 nitrogen and oxygen atoms in total. The van der Waals surface area contributed by atoms with Gasteiger partial charge in [0, 0.05) is 18.5 Å². The van der Waals surface area contributed by atoms with Gasteiger partial charge in [-0.25, -0.2) is 4.79 Å². The summed E-state index contributed by atoms with van der Waals surface area (Å²) in [5, 5.41) is 13.6. The molecule has 2 N–H and O–H groups in total. The molecule has 1 amide bonds. The third-order valence-electron chi connectivity index (χ3n) is 4.64. The maximum Gasteiger partial charge on any atom is 0.337 e. The number of aryl methyl sites for hydroxylation is 1. The molecule has 5 heteroatoms. The molecule has 25 heavy (non-hydrogen) atoms. The predicted molar refractivity (Wildman–Crippen MR) is 93.5 cm³/mol. The van der Waals surface area contributed by atoms with Crippen LogP contribution in [0.4, 0.5) is 0 Å². The highest BCUT2D eigenvalue weighted by Crippen LogP contribution is 2.28. The number of hydrogen-bond acceptors (Lipinski definition) is 4. The van der Waals surface area contributed by atoms with Crippen LogP contribution in [0.2, 0.25) is 0 Å². The number of ether oxygens (including phenoxy) is 1. The van der Waals surface area contributed by atoms with Crippen LogP contribution in [0, 0.1) is 0 Å². The Labute approximate surface area is 146 Å². The van der Waals surface area contributed by atoms with Crippen molar-refractivity contribution in [3.05, 3.63) is 70.8 Å². The Hall–Kier alpha value is -2.66. The molecule has 0 fully saturated rings. The third-order valence-corrected chi connectivity index (χ3v) is 4.64. The standard InChI is InChI=1S/C20H21NO4/c1-25-19(23)16-8-6-15(7-9-16)18(22)21-13-20(24)11-10-14-4-2-3-5-17(14)12-20/h2-9,24H,10-13H2,1H3,(H,21,22). The highest BCUT2D eigenvalue weighted by atomic mass is 16.5. The lowest BCUT2D eigenvalue weighted by Gasteiger charge is -2.33. The Morgan fingerprint density at radius 1 is 1.08 bits per heavy atom. The van der Waals surface area contributed by atoms with Crippen molar-refractivity contribution >= 4 is 11.9 Å². The van der Waals surface area contributed by atoms with Crippen molar-refractivity contribution in [3.8, 4) is 0 Å². The van der Waals surface area contributed by atoms with Crippen molar-refractivity contribution in [1.29, 1.82) is 0 Å². The Morgan fingerprint density at radius 2 is 1.72 bits per heavy atom. The van der Waals surface area contributed by atoms with E-state index in [1.165, 1.54) is 12.7 Å². The number of hydrogen-bond donors (Lipinski definition) is 2. The van der Waals surface area contributed by atoms with Crippen molar-refractivity contribution in [2.24, 2.45) is 0 Å². The summed E-state index contributed by atoms with van der Waals surface area (Å²) in [4.78, 5) is 23.7. The maximum absolute atomic E-state index is 12.3. The normalized spacial score (nSPS) is 19.0. The number of carbonyl (C=O) groups excluding carboxylic acids is 2. The largest absolute Gasteiger partial charge is 0.465 e. The Kier molecular flexibility index (Phi) is 4.86. The van der Waals surface area contributed by atoms with Crippen LogP contribution in [0.5, 0.6) is 0 Å². The van der Waals surface area contributed by atoms with Crippen LogP contribution in [0.25, 0.3) is 0 Å². The lowest BCUT2D eigenvalue weighted by Crippen LogP contribution is -2.46. The van der Waals surface area contributed by atoms with Gasteiger partial charge in [0.15, 0.2) is 0 Å². The second-order valence-corrected chi connectivity index (χ2v) is 6.42. The number of fused-ring (bicyclic) bond motifs is 1. The molecule has 2 aromatic carbocycles. The fraction of sp³-hybridized carbons (Fsp3) is 0.300. The number of esters is 1. The number of carbonyl (C=O) groups is 2. The first-order valence-corrected chi connectivity index (χ1v) is 8.26. The maximum atomic E-state index is 12.3. The first kappa shape index (κ1) is 17.2. The van der Waals surface area contributed by atoms with E-state index in [9.17, 15) is 14.7 Å². The van der Waals surface area contributed by atoms with Gasteiger partial charge in [-0.05, 0) is 48.2 Å². The zero-order valence-electron chi connectivity index (χ0n) is 14.1. The van der Waals surface area contributed by atoms with E-state index in [0.29, 0.717) is 24.0 Å². The van der Waals surface area contributed by atoms with Gasteiger partial charge in [-0.2, -0.15) is 0 Å². The molecule has 2 aromatic rings. The highest BCUT2D eigenvalue weighted by molar-refractivity contribution is 5.96. The minimum absolute atomic E-state index is 0.193. The fourth-order valence-electron chi connectivity index (χ4n) is 3.16. The van der Waals surface area contributed by atoms with E-state index in [4.69, 9.17) is 0 Å². The van der Waals surface area contributed by atoms with E-state index < -0.39 is 11.6 Å². The monoisotopic (exact) mass is 339 g/mol. The molecule has 0 radical (unpaired) electrons. The summed E-state index contributed by atoms with van der Waals surface area (Å²) >= 11 is 0. The number of benzene rings is 2. The molecular formula is C20H21NO4. The van der Waals surface area contributed by atoms with Crippen molar-refractivity contribution in [1.82, 2.24) is 5.32 Å². The van der Waals surface area contributed by atoms with Crippen LogP contribution in [0.15, 0.2) is 48.5 Å². The van der Waals surface area contributed by atoms with Crippen LogP contribution in [-0.4, -0.2) is 36.2 Å². The molecule has 1 aliphatic rings. The molecule has 0 aliphatic heterocycles. The molecular weight excluding hydrogens is 318 g/mol. The van der Waals surface area contributed by atoms with Crippen LogP contribution in [0.1, 0.15) is 38.3 Å². The number of rotatable bonds is 4. The third kappa shape index (κ3) is 3.88. The van der Waals surface area contributed by atoms with Gasteiger partial charge >= 0.3 is 5.97 Å². The topological polar surface area (TPSA) is 75.6 Å². The van der Waals surface area contributed by atoms with Gasteiger partial charge in [0.25, 0.3) is 5.91 Å². The van der Waals surface area contributed by atoms with E-state index in [-0.39, 0.29) is 12.5 Å². The van der Waals surface area contributed by atoms with Crippen molar-refractivity contribution in [3.63, 3.8) is 0 Å². The highest BCUT2D eigenvalue weighted by Gasteiger charge is 2.32. The van der Waals surface area contributed by atoms with E-state index in [2.05, 4.69) is 16.1 Å². The molecule has 3 rings (SSSR count). The summed E-state index contributed by atoms with van der Waals surface area (Å²) in [5.41, 5.74) is 2.29. The van der Waals surface area contributed by atoms with Crippen LogP contribution in [0.3, 0.4) is 0 Å². The van der Waals surface area contributed by atoms with Crippen LogP contribution < -0.4 is 5.32 Å². The summed E-state index contributed by atoms with van der Waals surface area (Å²) in [7, 11) is 1.31. The summed E-state index contributed by atoms with van der Waals surface area (Å²) in [6, 6.07) is 14.3. The molecule has 0 saturated heterocycles. The zero-order valence-corrected chi connectivity index (χ0v) is 14.1. The average Bonchev–Trinajstić information content (AvgIpc) is 2.65. The molecule has 1 aliphatic carbocycles. The second-order valence-electron chi connectivity index (χ2n) is 6.42. The summed E-state index contributed by atoms with van der Waals surface area (Å²) < 4.78 is 4.63. The molecule has 0 saturated carbocycles. The molecule has 1 unspecified atom stereocenters. The molecule has 0 heterocycles. The molecule has 0 spiro atoms. The number of aliphatic hydroxyl groups is 1. The lowest BCUT2D eigenvalue weighted by molar-refractivity contribution is 0.0260. The van der Waals surface area contributed by atoms with E-state index >= 15 is 0 Å². The second kappa shape index (κ2) is 7.07. The molecule has 0 aromatic heterocycles. The quantitative estimate of drug-likeness (QED) is 0.837. The van der Waals surface area contributed by atoms with Crippen LogP contribution in [-0.2, 0) is 17.6 Å². The minimum atomic E-state index is -0.935. The molecule has 130 valence electrons. The summed E-state index contributed by atoms with van der Waals surface area (Å²) in [6.07, 6.45) is 1.95. The Balaban J connectivity index is 1.61. The predicted octanol–water partition coefficient (Wildman–Crippen LogP) is 2.12.